The number of nitrogens with zero attached hydrogens (tertiary/aromatic N) is 2. The van der Waals surface area contributed by atoms with Crippen molar-refractivity contribution in [1.82, 2.24) is 5.01 Å². The fourth-order valence-corrected chi connectivity index (χ4v) is 2.79. The van der Waals surface area contributed by atoms with Crippen molar-refractivity contribution in [1.29, 1.82) is 0 Å². The Morgan fingerprint density at radius 1 is 1.30 bits per heavy atom. The average Bonchev–Trinajstić information content (AvgIpc) is 2.79. The van der Waals surface area contributed by atoms with E-state index < -0.39 is 12.8 Å². The number of likely N-dealkylation sites (N-methyl/N-ethyl adjacent to an activating group) is 1. The molecule has 1 aliphatic heterocycles. The summed E-state index contributed by atoms with van der Waals surface area (Å²) in [6.45, 7) is -1.31. The number of fused-ring (bicyclic) bond motifs is 1. The lowest BCUT2D eigenvalue weighted by atomic mass is 9.89. The van der Waals surface area contributed by atoms with Gasteiger partial charge in [0.1, 0.15) is 11.6 Å². The van der Waals surface area contributed by atoms with Crippen molar-refractivity contribution < 1.29 is 17.9 Å². The molecule has 0 spiro atoms. The number of allylic oxidation sites excluding steroid dienone is 2. The first-order valence-electron chi connectivity index (χ1n) is 7.12. The van der Waals surface area contributed by atoms with E-state index in [-0.39, 0.29) is 11.8 Å². The number of ether oxygens (including phenoxy) is 1. The minimum Gasteiger partial charge on any atom is -0.483 e. The standard InChI is InChI=1S/C16H16F3N3O/c1-22-13-8-10(6-7-12(13)15(20)21-22)11-4-2-3-5-14(11)23-9-16(17,18)19/h2-7,13H,8-9H2,1H3,(H2,20,21). The van der Waals surface area contributed by atoms with Crippen LogP contribution in [0.15, 0.2) is 47.1 Å². The van der Waals surface area contributed by atoms with Crippen LogP contribution in [0.1, 0.15) is 12.0 Å². The van der Waals surface area contributed by atoms with E-state index in [9.17, 15) is 13.2 Å². The number of nitrogens with two attached hydrogens (primary N) is 1. The van der Waals surface area contributed by atoms with E-state index >= 15 is 0 Å². The molecule has 0 saturated heterocycles. The maximum Gasteiger partial charge on any atom is 0.422 e. The Balaban J connectivity index is 1.87. The van der Waals surface area contributed by atoms with Gasteiger partial charge in [0.05, 0.1) is 6.04 Å². The van der Waals surface area contributed by atoms with Crippen LogP contribution in [0, 0.1) is 0 Å². The lowest BCUT2D eigenvalue weighted by Gasteiger charge is -2.25. The summed E-state index contributed by atoms with van der Waals surface area (Å²) in [5.41, 5.74) is 8.34. The smallest absolute Gasteiger partial charge is 0.422 e. The van der Waals surface area contributed by atoms with Crippen molar-refractivity contribution in [2.45, 2.75) is 18.6 Å². The van der Waals surface area contributed by atoms with Crippen molar-refractivity contribution in [2.24, 2.45) is 10.8 Å². The summed E-state index contributed by atoms with van der Waals surface area (Å²) in [6, 6.07) is 6.74. The minimum absolute atomic E-state index is 0.00525. The molecule has 0 aromatic heterocycles. The molecular formula is C16H16F3N3O. The molecule has 1 aromatic carbocycles. The molecule has 1 aliphatic carbocycles. The third-order valence-electron chi connectivity index (χ3n) is 3.87. The van der Waals surface area contributed by atoms with Crippen LogP contribution in [0.4, 0.5) is 13.2 Å². The minimum atomic E-state index is -4.37. The summed E-state index contributed by atoms with van der Waals surface area (Å²) in [6.07, 6.45) is -0.0243. The maximum absolute atomic E-state index is 12.4. The van der Waals surface area contributed by atoms with Crippen LogP contribution < -0.4 is 10.5 Å². The molecule has 1 aromatic rings. The second-order valence-electron chi connectivity index (χ2n) is 5.49. The first-order valence-corrected chi connectivity index (χ1v) is 7.12. The zero-order valence-corrected chi connectivity index (χ0v) is 12.5. The normalized spacial score (nSPS) is 20.6. The summed E-state index contributed by atoms with van der Waals surface area (Å²) in [7, 11) is 1.83. The highest BCUT2D eigenvalue weighted by atomic mass is 19.4. The van der Waals surface area contributed by atoms with Crippen LogP contribution in [0.3, 0.4) is 0 Å². The van der Waals surface area contributed by atoms with Crippen molar-refractivity contribution in [3.8, 4) is 5.75 Å². The summed E-state index contributed by atoms with van der Waals surface area (Å²) in [5.74, 6) is 0.705. The van der Waals surface area contributed by atoms with E-state index in [1.807, 2.05) is 19.2 Å². The molecule has 2 aliphatic rings. The van der Waals surface area contributed by atoms with E-state index in [4.69, 9.17) is 10.5 Å². The third kappa shape index (κ3) is 3.18. The molecule has 2 N–H and O–H groups in total. The van der Waals surface area contributed by atoms with Crippen molar-refractivity contribution in [3.63, 3.8) is 0 Å². The fraction of sp³-hybridized carbons (Fsp3) is 0.312. The van der Waals surface area contributed by atoms with Gasteiger partial charge < -0.3 is 10.5 Å². The van der Waals surface area contributed by atoms with Crippen molar-refractivity contribution >= 4 is 11.4 Å². The molecule has 3 rings (SSSR count). The number of hydrogen-bond acceptors (Lipinski definition) is 4. The highest BCUT2D eigenvalue weighted by Crippen LogP contribution is 2.36. The van der Waals surface area contributed by atoms with Gasteiger partial charge in [-0.15, -0.1) is 0 Å². The molecule has 4 nitrogen and oxygen atoms in total. The number of amidine groups is 1. The van der Waals surface area contributed by atoms with Gasteiger partial charge in [-0.25, -0.2) is 0 Å². The largest absolute Gasteiger partial charge is 0.483 e. The predicted octanol–water partition coefficient (Wildman–Crippen LogP) is 2.93. The van der Waals surface area contributed by atoms with Gasteiger partial charge in [-0.1, -0.05) is 30.4 Å². The molecule has 1 atom stereocenters. The molecule has 0 amide bonds. The van der Waals surface area contributed by atoms with Gasteiger partial charge in [0.25, 0.3) is 0 Å². The number of para-hydroxylation sites is 1. The molecule has 1 unspecified atom stereocenters. The second kappa shape index (κ2) is 5.64. The first-order chi connectivity index (χ1) is 10.8. The van der Waals surface area contributed by atoms with E-state index in [1.165, 1.54) is 0 Å². The van der Waals surface area contributed by atoms with Gasteiger partial charge in [0.2, 0.25) is 0 Å². The van der Waals surface area contributed by atoms with E-state index in [2.05, 4.69) is 5.10 Å². The Kier molecular flexibility index (Phi) is 3.79. The van der Waals surface area contributed by atoms with Crippen LogP contribution in [-0.2, 0) is 0 Å². The lowest BCUT2D eigenvalue weighted by molar-refractivity contribution is -0.153. The second-order valence-corrected chi connectivity index (χ2v) is 5.49. The average molecular weight is 323 g/mol. The molecular weight excluding hydrogens is 307 g/mol. The summed E-state index contributed by atoms with van der Waals surface area (Å²) >= 11 is 0. The Bertz CT molecular complexity index is 707. The van der Waals surface area contributed by atoms with Crippen molar-refractivity contribution in [3.05, 3.63) is 47.6 Å². The Morgan fingerprint density at radius 2 is 2.04 bits per heavy atom. The first kappa shape index (κ1) is 15.5. The zero-order valence-electron chi connectivity index (χ0n) is 12.5. The van der Waals surface area contributed by atoms with Gasteiger partial charge in [-0.2, -0.15) is 18.3 Å². The van der Waals surface area contributed by atoms with Gasteiger partial charge in [0, 0.05) is 18.2 Å². The predicted molar refractivity (Wildman–Crippen MR) is 81.8 cm³/mol. The van der Waals surface area contributed by atoms with Crippen LogP contribution in [0.2, 0.25) is 0 Å². The molecule has 122 valence electrons. The zero-order chi connectivity index (χ0) is 16.6. The highest BCUT2D eigenvalue weighted by molar-refractivity contribution is 6.01. The van der Waals surface area contributed by atoms with E-state index in [1.54, 1.807) is 29.3 Å². The molecule has 1 heterocycles. The number of rotatable bonds is 3. The molecule has 7 heteroatoms. The van der Waals surface area contributed by atoms with Gasteiger partial charge in [0.15, 0.2) is 6.61 Å². The molecule has 0 radical (unpaired) electrons. The number of benzene rings is 1. The number of halogens is 3. The summed E-state index contributed by atoms with van der Waals surface area (Å²) < 4.78 is 42.2. The maximum atomic E-state index is 12.4. The van der Waals surface area contributed by atoms with Crippen LogP contribution >= 0.6 is 0 Å². The Morgan fingerprint density at radius 3 is 2.78 bits per heavy atom. The molecule has 0 fully saturated rings. The molecule has 0 saturated carbocycles. The van der Waals surface area contributed by atoms with Gasteiger partial charge in [-0.05, 0) is 18.1 Å². The Labute approximate surface area is 131 Å². The fourth-order valence-electron chi connectivity index (χ4n) is 2.79. The number of alkyl halides is 3. The van der Waals surface area contributed by atoms with Crippen LogP contribution in [0.5, 0.6) is 5.75 Å². The van der Waals surface area contributed by atoms with Gasteiger partial charge in [-0.3, -0.25) is 5.01 Å². The van der Waals surface area contributed by atoms with Crippen molar-refractivity contribution in [2.75, 3.05) is 13.7 Å². The number of hydrogen-bond donors (Lipinski definition) is 1. The lowest BCUT2D eigenvalue weighted by Crippen LogP contribution is -2.27. The molecule has 0 bridgehead atoms. The highest BCUT2D eigenvalue weighted by Gasteiger charge is 2.32. The van der Waals surface area contributed by atoms with Crippen LogP contribution in [-0.4, -0.2) is 36.7 Å². The topological polar surface area (TPSA) is 50.8 Å². The van der Waals surface area contributed by atoms with E-state index in [0.717, 1.165) is 11.1 Å². The Hall–Kier alpha value is -2.44. The number of hydrazone groups is 1. The SMILES string of the molecule is CN1N=C(N)C2=CC=C(c3ccccc3OCC(F)(F)F)CC21. The van der Waals surface area contributed by atoms with Crippen LogP contribution in [0.25, 0.3) is 5.57 Å². The summed E-state index contributed by atoms with van der Waals surface area (Å²) in [5, 5.41) is 5.97. The van der Waals surface area contributed by atoms with Gasteiger partial charge >= 0.3 is 6.18 Å². The summed E-state index contributed by atoms with van der Waals surface area (Å²) in [4.78, 5) is 0. The third-order valence-corrected chi connectivity index (χ3v) is 3.87. The monoisotopic (exact) mass is 323 g/mol. The van der Waals surface area contributed by atoms with E-state index in [0.29, 0.717) is 17.8 Å². The molecule has 23 heavy (non-hydrogen) atoms. The quantitative estimate of drug-likeness (QED) is 0.930.